The number of rotatable bonds is 13. The summed E-state index contributed by atoms with van der Waals surface area (Å²) in [7, 11) is -2.35. The second kappa shape index (κ2) is 13.5. The van der Waals surface area contributed by atoms with Gasteiger partial charge in [0.15, 0.2) is 17.9 Å². The van der Waals surface area contributed by atoms with Crippen molar-refractivity contribution in [3.05, 3.63) is 77.3 Å². The normalized spacial score (nSPS) is 12.5. The molecule has 0 spiro atoms. The number of anilines is 1. The number of fused-ring (bicyclic) bond motifs is 3. The molecular formula is C32H36N6O6S. The van der Waals surface area contributed by atoms with Crippen LogP contribution in [0.4, 0.5) is 5.69 Å². The number of nitrogens with one attached hydrogen (secondary N) is 2. The molecule has 4 N–H and O–H groups in total. The lowest BCUT2D eigenvalue weighted by molar-refractivity contribution is -0.121. The fourth-order valence-corrected chi connectivity index (χ4v) is 5.78. The number of H-pyrrole nitrogens is 1. The Hall–Kier alpha value is -4.75. The molecule has 1 aliphatic heterocycles. The van der Waals surface area contributed by atoms with Crippen LogP contribution in [0.3, 0.4) is 0 Å². The van der Waals surface area contributed by atoms with Crippen molar-refractivity contribution in [3.8, 4) is 11.5 Å². The van der Waals surface area contributed by atoms with E-state index in [0.29, 0.717) is 67.1 Å². The molecule has 0 bridgehead atoms. The molecule has 1 aromatic heterocycles. The molecule has 0 radical (unpaired) electrons. The summed E-state index contributed by atoms with van der Waals surface area (Å²) in [5.74, 6) is -0.367. The Kier molecular flexibility index (Phi) is 9.49. The number of nitrogens with two attached hydrogens (primary N) is 1. The number of benzene rings is 3. The van der Waals surface area contributed by atoms with Gasteiger partial charge in [0.2, 0.25) is 17.2 Å². The van der Waals surface area contributed by atoms with E-state index in [1.165, 1.54) is 0 Å². The largest absolute Gasteiger partial charge is 0.748 e. The Morgan fingerprint density at radius 3 is 2.71 bits per heavy atom. The second-order valence-corrected chi connectivity index (χ2v) is 12.4. The summed E-state index contributed by atoms with van der Waals surface area (Å²) in [6, 6.07) is 16.6. The molecule has 13 heteroatoms. The molecule has 3 aromatic rings. The van der Waals surface area contributed by atoms with Gasteiger partial charge < -0.3 is 29.9 Å². The van der Waals surface area contributed by atoms with Crippen molar-refractivity contribution in [2.45, 2.75) is 26.2 Å². The maximum atomic E-state index is 12.6. The lowest BCUT2D eigenvalue weighted by atomic mass is 10.1. The van der Waals surface area contributed by atoms with E-state index in [4.69, 9.17) is 15.1 Å². The van der Waals surface area contributed by atoms with Gasteiger partial charge in [-0.2, -0.15) is 0 Å². The third kappa shape index (κ3) is 7.86. The Bertz CT molecular complexity index is 2020. The Morgan fingerprint density at radius 1 is 1.13 bits per heavy atom. The zero-order chi connectivity index (χ0) is 32.1. The van der Waals surface area contributed by atoms with Gasteiger partial charge in [0, 0.05) is 65.9 Å². The van der Waals surface area contributed by atoms with E-state index in [9.17, 15) is 22.6 Å². The van der Waals surface area contributed by atoms with Crippen molar-refractivity contribution in [2.24, 2.45) is 5.73 Å². The number of nitrogens with zero attached hydrogens (tertiary/aromatic N) is 3. The monoisotopic (exact) mass is 632 g/mol. The minimum absolute atomic E-state index is 0.0708. The first-order valence-electron chi connectivity index (χ1n) is 14.7. The molecule has 0 fully saturated rings. The average Bonchev–Trinajstić information content (AvgIpc) is 3.42. The van der Waals surface area contributed by atoms with Crippen molar-refractivity contribution in [1.29, 1.82) is 0 Å². The van der Waals surface area contributed by atoms with Crippen LogP contribution in [0.5, 0.6) is 0 Å². The zero-order valence-corrected chi connectivity index (χ0v) is 26.0. The minimum Gasteiger partial charge on any atom is -0.748 e. The molecule has 2 heterocycles. The van der Waals surface area contributed by atoms with Crippen LogP contribution < -0.4 is 25.9 Å². The minimum atomic E-state index is -4.26. The van der Waals surface area contributed by atoms with Crippen LogP contribution in [0, 0.1) is 0 Å². The quantitative estimate of drug-likeness (QED) is 0.101. The van der Waals surface area contributed by atoms with Crippen molar-refractivity contribution < 1.29 is 27.0 Å². The van der Waals surface area contributed by atoms with Crippen molar-refractivity contribution in [3.63, 3.8) is 0 Å². The SMILES string of the molecule is CCN(CCCS(=O)(=O)[O-])c1ccc2nc3ccc(=[N+](C)CCC(=O)NCCc4c[nH]c5ccc(C(N)=O)cc45)cc-3oc2c1. The van der Waals surface area contributed by atoms with E-state index >= 15 is 0 Å². The summed E-state index contributed by atoms with van der Waals surface area (Å²) >= 11 is 0. The van der Waals surface area contributed by atoms with Gasteiger partial charge >= 0.3 is 0 Å². The molecule has 2 amide bonds. The van der Waals surface area contributed by atoms with Gasteiger partial charge in [0.05, 0.1) is 22.6 Å². The molecule has 236 valence electrons. The highest BCUT2D eigenvalue weighted by atomic mass is 32.2. The van der Waals surface area contributed by atoms with Crippen molar-refractivity contribution in [1.82, 2.24) is 19.9 Å². The summed E-state index contributed by atoms with van der Waals surface area (Å²) in [5, 5.41) is 4.75. The maximum Gasteiger partial charge on any atom is 0.248 e. The molecule has 0 unspecified atom stereocenters. The molecule has 12 nitrogen and oxygen atoms in total. The molecule has 2 aliphatic rings. The summed E-state index contributed by atoms with van der Waals surface area (Å²) in [4.78, 5) is 34.0. The maximum absolute atomic E-state index is 12.6. The molecule has 45 heavy (non-hydrogen) atoms. The van der Waals surface area contributed by atoms with E-state index in [2.05, 4.69) is 10.3 Å². The van der Waals surface area contributed by atoms with Crippen molar-refractivity contribution >= 4 is 49.6 Å². The summed E-state index contributed by atoms with van der Waals surface area (Å²) in [6.07, 6.45) is 3.02. The second-order valence-electron chi connectivity index (χ2n) is 10.9. The van der Waals surface area contributed by atoms with Gasteiger partial charge in [-0.15, -0.1) is 0 Å². The van der Waals surface area contributed by atoms with Crippen LogP contribution in [-0.2, 0) is 21.3 Å². The van der Waals surface area contributed by atoms with E-state index in [1.807, 2.05) is 72.1 Å². The lowest BCUT2D eigenvalue weighted by Crippen LogP contribution is -2.32. The molecule has 0 atom stereocenters. The fraction of sp³-hybridized carbons (Fsp3) is 0.312. The van der Waals surface area contributed by atoms with E-state index in [0.717, 1.165) is 27.5 Å². The first-order chi connectivity index (χ1) is 21.5. The van der Waals surface area contributed by atoms with Crippen LogP contribution in [0.25, 0.3) is 33.5 Å². The topological polar surface area (TPSA) is 177 Å². The van der Waals surface area contributed by atoms with Gasteiger partial charge in [-0.25, -0.2) is 18.0 Å². The van der Waals surface area contributed by atoms with Crippen LogP contribution in [-0.4, -0.2) is 73.7 Å². The Labute approximate surface area is 260 Å². The molecule has 5 rings (SSSR count). The predicted octanol–water partition coefficient (Wildman–Crippen LogP) is 2.43. The molecule has 0 saturated carbocycles. The third-order valence-corrected chi connectivity index (χ3v) is 8.59. The lowest BCUT2D eigenvalue weighted by Gasteiger charge is -2.23. The number of carbonyl (C=O) groups excluding carboxylic acids is 2. The van der Waals surface area contributed by atoms with Gasteiger partial charge in [0.1, 0.15) is 18.3 Å². The number of amides is 2. The molecular weight excluding hydrogens is 596 g/mol. The number of hydrogen-bond acceptors (Lipinski definition) is 8. The van der Waals surface area contributed by atoms with E-state index in [-0.39, 0.29) is 12.3 Å². The molecule has 0 saturated heterocycles. The van der Waals surface area contributed by atoms with Gasteiger partial charge in [0.25, 0.3) is 0 Å². The third-order valence-electron chi connectivity index (χ3n) is 7.80. The highest BCUT2D eigenvalue weighted by Gasteiger charge is 2.15. The highest BCUT2D eigenvalue weighted by molar-refractivity contribution is 7.85. The van der Waals surface area contributed by atoms with Crippen LogP contribution in [0.2, 0.25) is 0 Å². The zero-order valence-electron chi connectivity index (χ0n) is 25.2. The summed E-state index contributed by atoms with van der Waals surface area (Å²) in [6.45, 7) is 3.96. The number of carbonyl (C=O) groups is 2. The molecule has 1 aliphatic carbocycles. The highest BCUT2D eigenvalue weighted by Crippen LogP contribution is 2.27. The van der Waals surface area contributed by atoms with Crippen LogP contribution in [0.15, 0.2) is 65.2 Å². The van der Waals surface area contributed by atoms with Crippen LogP contribution in [0.1, 0.15) is 35.7 Å². The molecule has 2 aromatic carbocycles. The number of primary amides is 1. The standard InChI is InChI=1S/C32H36N6O6S/c1-3-38(14-4-16-45(41,42)43)24-7-10-28-30(19-24)44-29-18-23(6-9-27(29)36-28)37(2)15-12-31(39)34-13-11-22-20-35-26-8-5-21(32(33)40)17-25(22)26/h5-10,17-20H,3-4,11-16H2,1-2H3,(H4-,33,34,35,39,40,41,42,43). The number of hydrogen-bond donors (Lipinski definition) is 3. The van der Waals surface area contributed by atoms with Gasteiger partial charge in [-0.05, 0) is 61.7 Å². The van der Waals surface area contributed by atoms with Gasteiger partial charge in [-0.3, -0.25) is 9.59 Å². The summed E-state index contributed by atoms with van der Waals surface area (Å²) < 4.78 is 41.2. The summed E-state index contributed by atoms with van der Waals surface area (Å²) in [5.41, 5.74) is 10.6. The van der Waals surface area contributed by atoms with E-state index < -0.39 is 21.8 Å². The number of aromatic amines is 1. The predicted molar refractivity (Wildman–Crippen MR) is 172 cm³/mol. The fourth-order valence-electron chi connectivity index (χ4n) is 5.30. The Balaban J connectivity index is 1.23. The van der Waals surface area contributed by atoms with Crippen molar-refractivity contribution in [2.75, 3.05) is 43.9 Å². The first-order valence-corrected chi connectivity index (χ1v) is 16.3. The number of aromatic nitrogens is 2. The van der Waals surface area contributed by atoms with E-state index in [1.54, 1.807) is 12.1 Å². The smallest absolute Gasteiger partial charge is 0.248 e. The average molecular weight is 633 g/mol. The first kappa shape index (κ1) is 31.7. The van der Waals surface area contributed by atoms with Crippen LogP contribution >= 0.6 is 0 Å². The Morgan fingerprint density at radius 2 is 1.96 bits per heavy atom. The van der Waals surface area contributed by atoms with Gasteiger partial charge in [-0.1, -0.05) is 0 Å².